The maximum atomic E-state index is 12.0. The number of carboxylic acid groups (broad SMARTS) is 1. The van der Waals surface area contributed by atoms with Gasteiger partial charge in [-0.2, -0.15) is 0 Å². The molecule has 0 saturated heterocycles. The molecule has 0 aromatic heterocycles. The Labute approximate surface area is 112 Å². The number of benzene rings is 1. The number of carboxylic acids is 1. The molecule has 5 nitrogen and oxygen atoms in total. The second-order valence-electron chi connectivity index (χ2n) is 4.39. The fraction of sp³-hybridized carbons (Fsp3) is 0.429. The normalized spacial score (nSPS) is 10.1. The van der Waals surface area contributed by atoms with E-state index in [4.69, 9.17) is 9.84 Å². The molecule has 0 heterocycles. The topological polar surface area (TPSA) is 75.6 Å². The van der Waals surface area contributed by atoms with Crippen LogP contribution < -0.4 is 10.1 Å². The van der Waals surface area contributed by atoms with E-state index in [0.717, 1.165) is 16.9 Å². The van der Waals surface area contributed by atoms with Gasteiger partial charge in [0.05, 0.1) is 7.11 Å². The fourth-order valence-electron chi connectivity index (χ4n) is 1.79. The lowest BCUT2D eigenvalue weighted by Gasteiger charge is -2.11. The van der Waals surface area contributed by atoms with Crippen molar-refractivity contribution in [3.8, 4) is 5.75 Å². The van der Waals surface area contributed by atoms with Crippen molar-refractivity contribution in [3.05, 3.63) is 28.8 Å². The highest BCUT2D eigenvalue weighted by molar-refractivity contribution is 5.96. The number of rotatable bonds is 6. The molecule has 0 fully saturated rings. The number of carbonyl (C=O) groups is 2. The zero-order valence-electron chi connectivity index (χ0n) is 11.4. The number of hydrogen-bond acceptors (Lipinski definition) is 3. The summed E-state index contributed by atoms with van der Waals surface area (Å²) in [5.74, 6) is -0.292. The van der Waals surface area contributed by atoms with Gasteiger partial charge in [0.1, 0.15) is 5.75 Å². The molecule has 104 valence electrons. The zero-order valence-corrected chi connectivity index (χ0v) is 11.4. The van der Waals surface area contributed by atoms with Gasteiger partial charge >= 0.3 is 5.97 Å². The van der Waals surface area contributed by atoms with Crippen LogP contribution in [0.2, 0.25) is 0 Å². The minimum Gasteiger partial charge on any atom is -0.496 e. The Hall–Kier alpha value is -2.04. The third-order valence-electron chi connectivity index (χ3n) is 2.84. The summed E-state index contributed by atoms with van der Waals surface area (Å²) in [5, 5.41) is 11.2. The van der Waals surface area contributed by atoms with Crippen LogP contribution in [-0.2, 0) is 4.79 Å². The minimum atomic E-state index is -0.856. The first-order valence-electron chi connectivity index (χ1n) is 6.11. The van der Waals surface area contributed by atoms with Gasteiger partial charge in [-0.05, 0) is 43.5 Å². The van der Waals surface area contributed by atoms with Gasteiger partial charge in [-0.25, -0.2) is 0 Å². The first kappa shape index (κ1) is 15.0. The maximum absolute atomic E-state index is 12.0. The zero-order chi connectivity index (χ0) is 14.4. The van der Waals surface area contributed by atoms with Crippen molar-refractivity contribution in [1.29, 1.82) is 0 Å². The molecule has 0 aliphatic heterocycles. The Kier molecular flexibility index (Phi) is 5.36. The van der Waals surface area contributed by atoms with E-state index in [1.54, 1.807) is 13.2 Å². The van der Waals surface area contributed by atoms with Crippen LogP contribution in [0.5, 0.6) is 5.75 Å². The monoisotopic (exact) mass is 265 g/mol. The lowest BCUT2D eigenvalue weighted by molar-refractivity contribution is -0.137. The fourth-order valence-corrected chi connectivity index (χ4v) is 1.79. The number of nitrogens with one attached hydrogen (secondary N) is 1. The number of aliphatic carboxylic acids is 1. The Balaban J connectivity index is 2.67. The molecule has 0 radical (unpaired) electrons. The van der Waals surface area contributed by atoms with E-state index < -0.39 is 5.97 Å². The van der Waals surface area contributed by atoms with Crippen molar-refractivity contribution in [2.24, 2.45) is 0 Å². The average Bonchev–Trinajstić information content (AvgIpc) is 2.36. The van der Waals surface area contributed by atoms with E-state index in [0.29, 0.717) is 18.5 Å². The number of ether oxygens (including phenoxy) is 1. The second-order valence-corrected chi connectivity index (χ2v) is 4.39. The third kappa shape index (κ3) is 4.28. The van der Waals surface area contributed by atoms with E-state index in [1.807, 2.05) is 19.9 Å². The highest BCUT2D eigenvalue weighted by Gasteiger charge is 2.11. The molecular weight excluding hydrogens is 246 g/mol. The lowest BCUT2D eigenvalue weighted by atomic mass is 10.0. The molecule has 0 atom stereocenters. The van der Waals surface area contributed by atoms with Crippen LogP contribution in [0, 0.1) is 13.8 Å². The number of methoxy groups -OCH3 is 1. The van der Waals surface area contributed by atoms with Crippen LogP contribution in [0.25, 0.3) is 0 Å². The van der Waals surface area contributed by atoms with Crippen molar-refractivity contribution in [2.75, 3.05) is 13.7 Å². The summed E-state index contributed by atoms with van der Waals surface area (Å²) in [7, 11) is 1.59. The van der Waals surface area contributed by atoms with Gasteiger partial charge in [0.2, 0.25) is 0 Å². The Bertz CT molecular complexity index is 483. The summed E-state index contributed by atoms with van der Waals surface area (Å²) < 4.78 is 5.19. The highest BCUT2D eigenvalue weighted by atomic mass is 16.5. The van der Waals surface area contributed by atoms with Crippen LogP contribution in [-0.4, -0.2) is 30.6 Å². The first-order chi connectivity index (χ1) is 8.95. The SMILES string of the molecule is COc1cc(C)c(C(=O)NCCCC(=O)O)cc1C. The van der Waals surface area contributed by atoms with E-state index >= 15 is 0 Å². The van der Waals surface area contributed by atoms with Gasteiger partial charge in [-0.1, -0.05) is 0 Å². The molecule has 0 unspecified atom stereocenters. The van der Waals surface area contributed by atoms with Crippen molar-refractivity contribution < 1.29 is 19.4 Å². The van der Waals surface area contributed by atoms with E-state index in [-0.39, 0.29) is 12.3 Å². The molecule has 5 heteroatoms. The quantitative estimate of drug-likeness (QED) is 0.770. The molecule has 0 aliphatic rings. The summed E-state index contributed by atoms with van der Waals surface area (Å²) in [5.41, 5.74) is 2.32. The van der Waals surface area contributed by atoms with E-state index in [9.17, 15) is 9.59 Å². The highest BCUT2D eigenvalue weighted by Crippen LogP contribution is 2.22. The van der Waals surface area contributed by atoms with E-state index in [1.165, 1.54) is 0 Å². The number of amides is 1. The molecule has 0 bridgehead atoms. The predicted octanol–water partition coefficient (Wildman–Crippen LogP) is 1.91. The standard InChI is InChI=1S/C14H19NO4/c1-9-8-12(19-3)10(2)7-11(9)14(18)15-6-4-5-13(16)17/h7-8H,4-6H2,1-3H3,(H,15,18)(H,16,17). The van der Waals surface area contributed by atoms with Crippen LogP contribution in [0.3, 0.4) is 0 Å². The van der Waals surface area contributed by atoms with Gasteiger partial charge in [0.25, 0.3) is 5.91 Å². The number of carbonyl (C=O) groups excluding carboxylic acids is 1. The van der Waals surface area contributed by atoms with Crippen LogP contribution >= 0.6 is 0 Å². The molecule has 0 aliphatic carbocycles. The van der Waals surface area contributed by atoms with Crippen LogP contribution in [0.15, 0.2) is 12.1 Å². The first-order valence-corrected chi connectivity index (χ1v) is 6.11. The lowest BCUT2D eigenvalue weighted by Crippen LogP contribution is -2.25. The molecule has 1 amide bonds. The molecule has 0 saturated carbocycles. The summed E-state index contributed by atoms with van der Waals surface area (Å²) in [6.45, 7) is 4.07. The molecule has 0 spiro atoms. The minimum absolute atomic E-state index is 0.0565. The largest absolute Gasteiger partial charge is 0.496 e. The van der Waals surface area contributed by atoms with Gasteiger partial charge in [-0.3, -0.25) is 9.59 Å². The summed E-state index contributed by atoms with van der Waals surface area (Å²) >= 11 is 0. The Morgan fingerprint density at radius 3 is 2.53 bits per heavy atom. The Morgan fingerprint density at radius 1 is 1.26 bits per heavy atom. The summed E-state index contributed by atoms with van der Waals surface area (Å²) in [6, 6.07) is 3.60. The van der Waals surface area contributed by atoms with Gasteiger partial charge in [0.15, 0.2) is 0 Å². The molecule has 19 heavy (non-hydrogen) atoms. The number of aryl methyl sites for hydroxylation is 2. The van der Waals surface area contributed by atoms with Crippen molar-refractivity contribution in [3.63, 3.8) is 0 Å². The van der Waals surface area contributed by atoms with Crippen LogP contribution in [0.1, 0.15) is 34.3 Å². The van der Waals surface area contributed by atoms with Gasteiger partial charge < -0.3 is 15.2 Å². The van der Waals surface area contributed by atoms with Crippen molar-refractivity contribution in [2.45, 2.75) is 26.7 Å². The Morgan fingerprint density at radius 2 is 1.95 bits per heavy atom. The van der Waals surface area contributed by atoms with Crippen molar-refractivity contribution in [1.82, 2.24) is 5.32 Å². The second kappa shape index (κ2) is 6.78. The smallest absolute Gasteiger partial charge is 0.303 e. The maximum Gasteiger partial charge on any atom is 0.303 e. The molecular formula is C14H19NO4. The molecule has 1 aromatic rings. The molecule has 1 aromatic carbocycles. The summed E-state index contributed by atoms with van der Waals surface area (Å²) in [6.07, 6.45) is 0.482. The van der Waals surface area contributed by atoms with Crippen LogP contribution in [0.4, 0.5) is 0 Å². The number of hydrogen-bond donors (Lipinski definition) is 2. The molecule has 2 N–H and O–H groups in total. The van der Waals surface area contributed by atoms with Gasteiger partial charge in [0, 0.05) is 18.5 Å². The predicted molar refractivity (Wildman–Crippen MR) is 71.7 cm³/mol. The van der Waals surface area contributed by atoms with E-state index in [2.05, 4.69) is 5.32 Å². The third-order valence-corrected chi connectivity index (χ3v) is 2.84. The van der Waals surface area contributed by atoms with Gasteiger partial charge in [-0.15, -0.1) is 0 Å². The average molecular weight is 265 g/mol. The van der Waals surface area contributed by atoms with Crippen molar-refractivity contribution >= 4 is 11.9 Å². The molecule has 1 rings (SSSR count). The summed E-state index contributed by atoms with van der Waals surface area (Å²) in [4.78, 5) is 22.3.